The number of rotatable bonds is 8. The molecule has 7 heteroatoms. The predicted molar refractivity (Wildman–Crippen MR) is 139 cm³/mol. The van der Waals surface area contributed by atoms with E-state index >= 15 is 0 Å². The van der Waals surface area contributed by atoms with Gasteiger partial charge in [0.25, 0.3) is 5.91 Å². The fraction of sp³-hybridized carbons (Fsp3) is 0.630. The zero-order valence-corrected chi connectivity index (χ0v) is 21.7. The number of nitrogens with zero attached hydrogens (tertiary/aromatic N) is 2. The molecule has 1 saturated heterocycles. The molecule has 34 heavy (non-hydrogen) atoms. The lowest BCUT2D eigenvalue weighted by atomic mass is 9.71. The van der Waals surface area contributed by atoms with Crippen molar-refractivity contribution in [3.05, 3.63) is 47.2 Å². The van der Waals surface area contributed by atoms with E-state index in [1.165, 1.54) is 5.56 Å². The summed E-state index contributed by atoms with van der Waals surface area (Å²) < 4.78 is 0. The lowest BCUT2D eigenvalue weighted by molar-refractivity contribution is 0.0273. The molecule has 7 nitrogen and oxygen atoms in total. The number of fused-ring (bicyclic) bond motifs is 1. The quantitative estimate of drug-likeness (QED) is 0.346. The van der Waals surface area contributed by atoms with Crippen molar-refractivity contribution in [1.82, 2.24) is 15.5 Å². The van der Waals surface area contributed by atoms with Gasteiger partial charge in [0.05, 0.1) is 29.6 Å². The van der Waals surface area contributed by atoms with Gasteiger partial charge in [0.1, 0.15) is 0 Å². The number of likely N-dealkylation sites (N-methyl/N-ethyl adjacent to an activating group) is 1. The molecule has 4 atom stereocenters. The summed E-state index contributed by atoms with van der Waals surface area (Å²) in [6.07, 6.45) is 6.75. The van der Waals surface area contributed by atoms with Crippen LogP contribution in [0.2, 0.25) is 0 Å². The van der Waals surface area contributed by atoms with Crippen LogP contribution < -0.4 is 16.4 Å². The second-order valence-electron chi connectivity index (χ2n) is 10.6. The van der Waals surface area contributed by atoms with Crippen molar-refractivity contribution < 1.29 is 9.90 Å². The molecule has 0 saturated carbocycles. The number of allylic oxidation sites excluding steroid dienone is 1. The van der Waals surface area contributed by atoms with Crippen LogP contribution in [0.25, 0.3) is 0 Å². The van der Waals surface area contributed by atoms with Crippen molar-refractivity contribution in [2.75, 3.05) is 20.1 Å². The van der Waals surface area contributed by atoms with E-state index < -0.39 is 17.7 Å². The molecule has 3 rings (SSSR count). The number of aliphatic imine (C=N–C) groups is 1. The third kappa shape index (κ3) is 5.01. The molecule has 1 aliphatic heterocycles. The normalized spacial score (nSPS) is 28.0. The van der Waals surface area contributed by atoms with Crippen LogP contribution in [0.3, 0.4) is 0 Å². The maximum atomic E-state index is 13.4. The maximum Gasteiger partial charge on any atom is 0.251 e. The number of amides is 1. The first-order valence-electron chi connectivity index (χ1n) is 12.6. The van der Waals surface area contributed by atoms with Gasteiger partial charge >= 0.3 is 0 Å². The molecule has 0 aromatic heterocycles. The number of likely N-dealkylation sites (tertiary alicyclic amines) is 1. The zero-order valence-electron chi connectivity index (χ0n) is 21.7. The Bertz CT molecular complexity index is 941. The minimum Gasteiger partial charge on any atom is -0.389 e. The molecule has 5 N–H and O–H groups in total. The average Bonchev–Trinajstić information content (AvgIpc) is 3.01. The van der Waals surface area contributed by atoms with E-state index in [0.29, 0.717) is 25.3 Å². The molecule has 1 amide bonds. The number of nitrogens with two attached hydrogens (primary N) is 1. The van der Waals surface area contributed by atoms with Crippen molar-refractivity contribution in [2.24, 2.45) is 10.7 Å². The summed E-state index contributed by atoms with van der Waals surface area (Å²) in [4.78, 5) is 20.3. The molecule has 2 unspecified atom stereocenters. The Balaban J connectivity index is 1.84. The minimum absolute atomic E-state index is 0.0694. The Labute approximate surface area is 204 Å². The third-order valence-electron chi connectivity index (χ3n) is 7.92. The number of hydrogen-bond donors (Lipinski definition) is 4. The number of amidine groups is 1. The van der Waals surface area contributed by atoms with Gasteiger partial charge in [0, 0.05) is 25.1 Å². The Kier molecular flexibility index (Phi) is 8.09. The molecule has 1 aromatic rings. The molecule has 2 aliphatic rings. The molecule has 0 bridgehead atoms. The van der Waals surface area contributed by atoms with Crippen LogP contribution in [0, 0.1) is 0 Å². The lowest BCUT2D eigenvalue weighted by Gasteiger charge is -2.40. The van der Waals surface area contributed by atoms with Crippen molar-refractivity contribution >= 4 is 11.7 Å². The van der Waals surface area contributed by atoms with Gasteiger partial charge < -0.3 is 21.5 Å². The van der Waals surface area contributed by atoms with Crippen LogP contribution in [0.15, 0.2) is 35.5 Å². The first kappa shape index (κ1) is 26.2. The molecule has 1 heterocycles. The van der Waals surface area contributed by atoms with Gasteiger partial charge in [-0.15, -0.1) is 0 Å². The molecule has 1 fully saturated rings. The smallest absolute Gasteiger partial charge is 0.251 e. The molecule has 1 aromatic carbocycles. The van der Waals surface area contributed by atoms with Crippen LogP contribution in [0.1, 0.15) is 75.4 Å². The van der Waals surface area contributed by atoms with Crippen LogP contribution in [-0.2, 0) is 11.8 Å². The second kappa shape index (κ2) is 10.5. The largest absolute Gasteiger partial charge is 0.389 e. The number of aliphatic hydroxyl groups is 1. The van der Waals surface area contributed by atoms with Crippen LogP contribution in [-0.4, -0.2) is 65.6 Å². The highest BCUT2D eigenvalue weighted by Gasteiger charge is 2.53. The maximum absolute atomic E-state index is 13.4. The van der Waals surface area contributed by atoms with Gasteiger partial charge in [0.2, 0.25) is 0 Å². The van der Waals surface area contributed by atoms with E-state index in [9.17, 15) is 9.90 Å². The highest BCUT2D eigenvalue weighted by molar-refractivity contribution is 5.96. The fourth-order valence-electron chi connectivity index (χ4n) is 5.56. The van der Waals surface area contributed by atoms with Gasteiger partial charge in [-0.2, -0.15) is 0 Å². The van der Waals surface area contributed by atoms with E-state index in [1.807, 2.05) is 52.2 Å². The van der Waals surface area contributed by atoms with Gasteiger partial charge in [-0.1, -0.05) is 39.0 Å². The SMILES string of the molecule is C/C=C\NCC(N=C(N)CC)[C@@]1(C)[C@H](O)C(NC(=O)c2cccc3c2CCCC3(C)C)CN1C. The lowest BCUT2D eigenvalue weighted by Crippen LogP contribution is -2.59. The van der Waals surface area contributed by atoms with Crippen molar-refractivity contribution in [3.8, 4) is 0 Å². The molecule has 0 radical (unpaired) electrons. The Morgan fingerprint density at radius 2 is 2.12 bits per heavy atom. The number of benzene rings is 1. The van der Waals surface area contributed by atoms with Gasteiger partial charge in [0.15, 0.2) is 0 Å². The summed E-state index contributed by atoms with van der Waals surface area (Å²) in [6, 6.07) is 5.36. The number of aliphatic hydroxyl groups excluding tert-OH is 1. The van der Waals surface area contributed by atoms with E-state index in [1.54, 1.807) is 0 Å². The summed E-state index contributed by atoms with van der Waals surface area (Å²) in [7, 11) is 1.97. The minimum atomic E-state index is -0.803. The summed E-state index contributed by atoms with van der Waals surface area (Å²) in [5.41, 5.74) is 8.63. The van der Waals surface area contributed by atoms with Crippen LogP contribution in [0.4, 0.5) is 0 Å². The topological polar surface area (TPSA) is 103 Å². The highest BCUT2D eigenvalue weighted by Crippen LogP contribution is 2.38. The van der Waals surface area contributed by atoms with E-state index in [-0.39, 0.29) is 17.4 Å². The second-order valence-corrected chi connectivity index (χ2v) is 10.6. The fourth-order valence-corrected chi connectivity index (χ4v) is 5.56. The number of carbonyl (C=O) groups is 1. The van der Waals surface area contributed by atoms with Gasteiger partial charge in [-0.3, -0.25) is 14.7 Å². The molecular formula is C27H43N5O2. The van der Waals surface area contributed by atoms with Crippen LogP contribution in [0.5, 0.6) is 0 Å². The van der Waals surface area contributed by atoms with Gasteiger partial charge in [-0.25, -0.2) is 0 Å². The Morgan fingerprint density at radius 1 is 1.38 bits per heavy atom. The van der Waals surface area contributed by atoms with Gasteiger partial charge in [-0.05, 0) is 69.0 Å². The molecular weight excluding hydrogens is 426 g/mol. The number of hydrogen-bond acceptors (Lipinski definition) is 5. The monoisotopic (exact) mass is 469 g/mol. The average molecular weight is 470 g/mol. The van der Waals surface area contributed by atoms with E-state index in [0.717, 1.165) is 30.4 Å². The molecule has 0 spiro atoms. The summed E-state index contributed by atoms with van der Waals surface area (Å²) in [6.45, 7) is 11.5. The molecule has 1 aliphatic carbocycles. The van der Waals surface area contributed by atoms with Crippen molar-refractivity contribution in [2.45, 2.75) is 89.4 Å². The van der Waals surface area contributed by atoms with Crippen molar-refractivity contribution in [1.29, 1.82) is 0 Å². The first-order valence-corrected chi connectivity index (χ1v) is 12.6. The Morgan fingerprint density at radius 3 is 2.79 bits per heavy atom. The standard InChI is InChI=1S/C27H43N5O2/c1-7-15-29-16-22(31-23(28)8-2)27(5)24(33)21(17-32(27)6)30-25(34)19-11-9-13-20-18(19)12-10-14-26(20,3)4/h7,9,11,13,15,21-22,24,29,33H,8,10,12,14,16-17H2,1-6H3,(H2,28,31)(H,30,34)/b15-7-/t21?,22?,24-,27+/m1/s1. The highest BCUT2D eigenvalue weighted by atomic mass is 16.3. The van der Waals surface area contributed by atoms with E-state index in [2.05, 4.69) is 35.4 Å². The Hall–Kier alpha value is -2.38. The summed E-state index contributed by atoms with van der Waals surface area (Å²) in [5.74, 6) is 0.441. The van der Waals surface area contributed by atoms with E-state index in [4.69, 9.17) is 10.7 Å². The summed E-state index contributed by atoms with van der Waals surface area (Å²) >= 11 is 0. The molecule has 188 valence electrons. The van der Waals surface area contributed by atoms with Crippen molar-refractivity contribution in [3.63, 3.8) is 0 Å². The third-order valence-corrected chi connectivity index (χ3v) is 7.92. The zero-order chi connectivity index (χ0) is 25.1. The first-order chi connectivity index (χ1) is 16.1. The summed E-state index contributed by atoms with van der Waals surface area (Å²) in [5, 5.41) is 17.9. The predicted octanol–water partition coefficient (Wildman–Crippen LogP) is 2.72. The number of carbonyl (C=O) groups excluding carboxylic acids is 1. The van der Waals surface area contributed by atoms with Crippen LogP contribution >= 0.6 is 0 Å². The number of nitrogens with one attached hydrogen (secondary N) is 2.